The van der Waals surface area contributed by atoms with Crippen LogP contribution in [0.3, 0.4) is 0 Å². The first kappa shape index (κ1) is 15.4. The van der Waals surface area contributed by atoms with E-state index in [-0.39, 0.29) is 5.91 Å². The molecular weight excluding hydrogens is 316 g/mol. The van der Waals surface area contributed by atoms with E-state index in [0.717, 1.165) is 29.7 Å². The Kier molecular flexibility index (Phi) is 4.16. The Bertz CT molecular complexity index is 891. The summed E-state index contributed by atoms with van der Waals surface area (Å²) in [5, 5.41) is 10.6. The molecule has 0 aliphatic carbocycles. The number of fused-ring (bicyclic) bond motifs is 1. The third-order valence-corrected chi connectivity index (χ3v) is 4.38. The highest BCUT2D eigenvalue weighted by Gasteiger charge is 2.22. The number of benzene rings is 1. The van der Waals surface area contributed by atoms with Gasteiger partial charge in [-0.15, -0.1) is 5.10 Å². The van der Waals surface area contributed by atoms with E-state index in [1.54, 1.807) is 30.7 Å². The molecule has 126 valence electrons. The summed E-state index contributed by atoms with van der Waals surface area (Å²) in [5.74, 6) is 1.56. The van der Waals surface area contributed by atoms with Gasteiger partial charge in [0.15, 0.2) is 5.82 Å². The molecule has 4 rings (SSSR count). The van der Waals surface area contributed by atoms with Gasteiger partial charge >= 0.3 is 0 Å². The van der Waals surface area contributed by atoms with Crippen molar-refractivity contribution in [3.63, 3.8) is 0 Å². The molecule has 6 nitrogen and oxygen atoms in total. The quantitative estimate of drug-likeness (QED) is 0.689. The number of hydrogen-bond donors (Lipinski definition) is 0. The second kappa shape index (κ2) is 6.76. The van der Waals surface area contributed by atoms with Crippen molar-refractivity contribution in [3.05, 3.63) is 60.7 Å². The van der Waals surface area contributed by atoms with Crippen molar-refractivity contribution in [3.8, 4) is 0 Å². The second-order valence-electron chi connectivity index (χ2n) is 5.92. The molecular formula is C19H18N4O2. The Morgan fingerprint density at radius 3 is 2.72 bits per heavy atom. The standard InChI is InChI=1S/C19H18N4O2/c24-18(8-7-16-5-3-13-25-16)22-9-11-23(12-10-22)19-17-6-2-1-4-15(17)14-20-21-19/h1-8,13-14H,9-12H2/b8-7-. The maximum atomic E-state index is 12.3. The maximum absolute atomic E-state index is 12.3. The molecule has 3 aromatic rings. The SMILES string of the molecule is O=C(/C=C\c1ccco1)N1CCN(c2nncc3ccccc23)CC1. The number of anilines is 1. The number of piperazine rings is 1. The van der Waals surface area contributed by atoms with Gasteiger partial charge in [-0.25, -0.2) is 0 Å². The molecule has 3 heterocycles. The van der Waals surface area contributed by atoms with Crippen LogP contribution in [-0.4, -0.2) is 47.2 Å². The van der Waals surface area contributed by atoms with E-state index in [9.17, 15) is 4.79 Å². The number of amides is 1. The van der Waals surface area contributed by atoms with E-state index < -0.39 is 0 Å². The summed E-state index contributed by atoms with van der Waals surface area (Å²) >= 11 is 0. The van der Waals surface area contributed by atoms with Crippen LogP contribution >= 0.6 is 0 Å². The largest absolute Gasteiger partial charge is 0.465 e. The van der Waals surface area contributed by atoms with Gasteiger partial charge in [0, 0.05) is 43.0 Å². The Hall–Kier alpha value is -3.15. The number of carbonyl (C=O) groups excluding carboxylic acids is 1. The lowest BCUT2D eigenvalue weighted by molar-refractivity contribution is -0.126. The Balaban J connectivity index is 1.43. The van der Waals surface area contributed by atoms with Gasteiger partial charge in [-0.1, -0.05) is 24.3 Å². The molecule has 1 fully saturated rings. The minimum absolute atomic E-state index is 0.0000499. The van der Waals surface area contributed by atoms with Gasteiger partial charge in [0.2, 0.25) is 5.91 Å². The van der Waals surface area contributed by atoms with Crippen molar-refractivity contribution in [1.29, 1.82) is 0 Å². The van der Waals surface area contributed by atoms with E-state index in [1.807, 2.05) is 29.2 Å². The zero-order chi connectivity index (χ0) is 17.1. The average molecular weight is 334 g/mol. The van der Waals surface area contributed by atoms with Crippen LogP contribution < -0.4 is 4.90 Å². The second-order valence-corrected chi connectivity index (χ2v) is 5.92. The van der Waals surface area contributed by atoms with Crippen molar-refractivity contribution < 1.29 is 9.21 Å². The summed E-state index contributed by atoms with van der Waals surface area (Å²) in [4.78, 5) is 16.3. The molecule has 1 saturated heterocycles. The Morgan fingerprint density at radius 2 is 1.92 bits per heavy atom. The van der Waals surface area contributed by atoms with Crippen LogP contribution in [0.25, 0.3) is 16.8 Å². The van der Waals surface area contributed by atoms with Crippen molar-refractivity contribution in [2.24, 2.45) is 0 Å². The molecule has 1 aliphatic heterocycles. The highest BCUT2D eigenvalue weighted by Crippen LogP contribution is 2.24. The van der Waals surface area contributed by atoms with Crippen LogP contribution in [0.2, 0.25) is 0 Å². The van der Waals surface area contributed by atoms with E-state index in [2.05, 4.69) is 21.2 Å². The fourth-order valence-electron chi connectivity index (χ4n) is 3.03. The highest BCUT2D eigenvalue weighted by molar-refractivity contribution is 5.93. The number of carbonyl (C=O) groups is 1. The third-order valence-electron chi connectivity index (χ3n) is 4.38. The molecule has 1 aromatic carbocycles. The van der Waals surface area contributed by atoms with E-state index >= 15 is 0 Å². The number of furan rings is 1. The number of hydrogen-bond acceptors (Lipinski definition) is 5. The van der Waals surface area contributed by atoms with E-state index in [1.165, 1.54) is 0 Å². The average Bonchev–Trinajstić information content (AvgIpc) is 3.19. The summed E-state index contributed by atoms with van der Waals surface area (Å²) in [6.07, 6.45) is 6.63. The number of aromatic nitrogens is 2. The number of nitrogens with zero attached hydrogens (tertiary/aromatic N) is 4. The third kappa shape index (κ3) is 3.24. The molecule has 0 N–H and O–H groups in total. The van der Waals surface area contributed by atoms with Crippen LogP contribution in [0.15, 0.2) is 59.4 Å². The fraction of sp³-hybridized carbons (Fsp3) is 0.211. The van der Waals surface area contributed by atoms with E-state index in [4.69, 9.17) is 4.42 Å². The van der Waals surface area contributed by atoms with Crippen LogP contribution in [0.1, 0.15) is 5.76 Å². The van der Waals surface area contributed by atoms with Gasteiger partial charge in [-0.05, 0) is 18.2 Å². The lowest BCUT2D eigenvalue weighted by Crippen LogP contribution is -2.48. The predicted octanol–water partition coefficient (Wildman–Crippen LogP) is 2.58. The van der Waals surface area contributed by atoms with Crippen molar-refractivity contribution in [1.82, 2.24) is 15.1 Å². The van der Waals surface area contributed by atoms with Gasteiger partial charge in [0.1, 0.15) is 5.76 Å². The monoisotopic (exact) mass is 334 g/mol. The van der Waals surface area contributed by atoms with Crippen LogP contribution in [0, 0.1) is 0 Å². The van der Waals surface area contributed by atoms with Gasteiger partial charge in [0.05, 0.1) is 12.5 Å². The van der Waals surface area contributed by atoms with E-state index in [0.29, 0.717) is 18.8 Å². The summed E-state index contributed by atoms with van der Waals surface area (Å²) in [5.41, 5.74) is 0. The van der Waals surface area contributed by atoms with Crippen molar-refractivity contribution >= 4 is 28.6 Å². The Labute approximate surface area is 145 Å². The van der Waals surface area contributed by atoms with Gasteiger partial charge < -0.3 is 14.2 Å². The van der Waals surface area contributed by atoms with Crippen LogP contribution in [0.5, 0.6) is 0 Å². The molecule has 1 aliphatic rings. The zero-order valence-corrected chi connectivity index (χ0v) is 13.7. The minimum atomic E-state index is 0.0000499. The molecule has 0 atom stereocenters. The van der Waals surface area contributed by atoms with Crippen LogP contribution in [0.4, 0.5) is 5.82 Å². The van der Waals surface area contributed by atoms with Gasteiger partial charge in [-0.3, -0.25) is 4.79 Å². The zero-order valence-electron chi connectivity index (χ0n) is 13.7. The molecule has 0 bridgehead atoms. The molecule has 25 heavy (non-hydrogen) atoms. The molecule has 6 heteroatoms. The van der Waals surface area contributed by atoms with Gasteiger partial charge in [0.25, 0.3) is 0 Å². The predicted molar refractivity (Wildman–Crippen MR) is 96.1 cm³/mol. The molecule has 1 amide bonds. The molecule has 0 unspecified atom stereocenters. The maximum Gasteiger partial charge on any atom is 0.246 e. The smallest absolute Gasteiger partial charge is 0.246 e. The highest BCUT2D eigenvalue weighted by atomic mass is 16.3. The first-order chi connectivity index (χ1) is 12.3. The fourth-order valence-corrected chi connectivity index (χ4v) is 3.03. The van der Waals surface area contributed by atoms with Crippen molar-refractivity contribution in [2.45, 2.75) is 0 Å². The lowest BCUT2D eigenvalue weighted by Gasteiger charge is -2.35. The summed E-state index contributed by atoms with van der Waals surface area (Å²) in [7, 11) is 0. The van der Waals surface area contributed by atoms with Crippen molar-refractivity contribution in [2.75, 3.05) is 31.1 Å². The number of rotatable bonds is 3. The molecule has 0 radical (unpaired) electrons. The topological polar surface area (TPSA) is 62.5 Å². The Morgan fingerprint density at radius 1 is 1.08 bits per heavy atom. The molecule has 2 aromatic heterocycles. The van der Waals surface area contributed by atoms with Gasteiger partial charge in [-0.2, -0.15) is 5.10 Å². The molecule has 0 spiro atoms. The molecule has 0 saturated carbocycles. The lowest BCUT2D eigenvalue weighted by atomic mass is 10.1. The minimum Gasteiger partial charge on any atom is -0.465 e. The first-order valence-electron chi connectivity index (χ1n) is 8.27. The summed E-state index contributed by atoms with van der Waals surface area (Å²) < 4.78 is 5.21. The first-order valence-corrected chi connectivity index (χ1v) is 8.27. The summed E-state index contributed by atoms with van der Waals surface area (Å²) in [6, 6.07) is 11.7. The van der Waals surface area contributed by atoms with Crippen LogP contribution in [-0.2, 0) is 4.79 Å². The summed E-state index contributed by atoms with van der Waals surface area (Å²) in [6.45, 7) is 2.80. The normalized spacial score (nSPS) is 15.2.